The van der Waals surface area contributed by atoms with Crippen molar-refractivity contribution in [2.75, 3.05) is 6.61 Å². The summed E-state index contributed by atoms with van der Waals surface area (Å²) in [5.41, 5.74) is 1.67. The second kappa shape index (κ2) is 3.88. The zero-order valence-corrected chi connectivity index (χ0v) is 8.19. The second-order valence-electron chi connectivity index (χ2n) is 3.62. The highest BCUT2D eigenvalue weighted by Gasteiger charge is 2.24. The molecular weight excluding hydrogens is 178 g/mol. The molecule has 1 aromatic heterocycles. The minimum atomic E-state index is -0.237. The van der Waals surface area contributed by atoms with Crippen LogP contribution < -0.4 is 0 Å². The zero-order valence-electron chi connectivity index (χ0n) is 8.19. The van der Waals surface area contributed by atoms with E-state index in [1.165, 1.54) is 0 Å². The molecule has 0 N–H and O–H groups in total. The first-order valence-electron chi connectivity index (χ1n) is 4.85. The van der Waals surface area contributed by atoms with Gasteiger partial charge in [0.05, 0.1) is 0 Å². The zero-order chi connectivity index (χ0) is 9.97. The van der Waals surface area contributed by atoms with Crippen molar-refractivity contribution < 1.29 is 9.53 Å². The van der Waals surface area contributed by atoms with Crippen molar-refractivity contribution in [2.24, 2.45) is 0 Å². The molecule has 3 nitrogen and oxygen atoms in total. The van der Waals surface area contributed by atoms with Gasteiger partial charge in [0.15, 0.2) is 5.78 Å². The molecule has 0 aromatic carbocycles. The average Bonchev–Trinajstić information content (AvgIpc) is 2.69. The first-order chi connectivity index (χ1) is 6.77. The molecule has 0 spiro atoms. The van der Waals surface area contributed by atoms with Crippen molar-refractivity contribution in [1.29, 1.82) is 0 Å². The molecule has 2 rings (SSSR count). The lowest BCUT2D eigenvalue weighted by atomic mass is 10.1. The van der Waals surface area contributed by atoms with Crippen LogP contribution in [0.1, 0.15) is 28.8 Å². The number of hydrogen-bond acceptors (Lipinski definition) is 3. The summed E-state index contributed by atoms with van der Waals surface area (Å²) in [6.07, 6.45) is 4.93. The fraction of sp³-hybridized carbons (Fsp3) is 0.455. The van der Waals surface area contributed by atoms with E-state index in [4.69, 9.17) is 4.74 Å². The lowest BCUT2D eigenvalue weighted by molar-refractivity contribution is 0.0642. The summed E-state index contributed by atoms with van der Waals surface area (Å²) in [6, 6.07) is 1.86. The Morgan fingerprint density at radius 1 is 1.57 bits per heavy atom. The van der Waals surface area contributed by atoms with Crippen molar-refractivity contribution in [2.45, 2.75) is 25.9 Å². The third kappa shape index (κ3) is 1.82. The fourth-order valence-electron chi connectivity index (χ4n) is 1.66. The number of aryl methyl sites for hydroxylation is 1. The molecule has 3 heteroatoms. The Bertz CT molecular complexity index is 343. The smallest absolute Gasteiger partial charge is 0.193 e. The predicted molar refractivity (Wildman–Crippen MR) is 52.3 cm³/mol. The maximum atomic E-state index is 11.8. The van der Waals surface area contributed by atoms with E-state index in [0.29, 0.717) is 12.2 Å². The fourth-order valence-corrected chi connectivity index (χ4v) is 1.66. The van der Waals surface area contributed by atoms with Crippen LogP contribution in [0.25, 0.3) is 0 Å². The number of hydrogen-bond donors (Lipinski definition) is 0. The summed E-state index contributed by atoms with van der Waals surface area (Å²) in [5, 5.41) is 0. The third-order valence-electron chi connectivity index (χ3n) is 2.38. The summed E-state index contributed by atoms with van der Waals surface area (Å²) in [6.45, 7) is 2.63. The van der Waals surface area contributed by atoms with E-state index in [1.807, 2.05) is 13.0 Å². The number of ketones is 1. The van der Waals surface area contributed by atoms with Crippen LogP contribution in [-0.4, -0.2) is 23.5 Å². The van der Waals surface area contributed by atoms with Crippen LogP contribution in [-0.2, 0) is 4.74 Å². The molecule has 2 heterocycles. The molecule has 0 bridgehead atoms. The lowest BCUT2D eigenvalue weighted by Crippen LogP contribution is -2.19. The Kier molecular flexibility index (Phi) is 2.59. The minimum Gasteiger partial charge on any atom is -0.370 e. The van der Waals surface area contributed by atoms with Gasteiger partial charge in [-0.15, -0.1) is 0 Å². The number of nitrogens with zero attached hydrogens (tertiary/aromatic N) is 1. The molecule has 74 valence electrons. The van der Waals surface area contributed by atoms with Gasteiger partial charge < -0.3 is 4.74 Å². The van der Waals surface area contributed by atoms with Crippen molar-refractivity contribution >= 4 is 5.78 Å². The van der Waals surface area contributed by atoms with E-state index >= 15 is 0 Å². The summed E-state index contributed by atoms with van der Waals surface area (Å²) in [5.74, 6) is 0.0682. The molecule has 1 aromatic rings. The van der Waals surface area contributed by atoms with E-state index in [1.54, 1.807) is 12.4 Å². The Labute approximate surface area is 83.1 Å². The van der Waals surface area contributed by atoms with Crippen LogP contribution in [0.3, 0.4) is 0 Å². The molecular formula is C11H13NO2. The van der Waals surface area contributed by atoms with Gasteiger partial charge in [-0.2, -0.15) is 0 Å². The normalized spacial score (nSPS) is 21.1. The topological polar surface area (TPSA) is 39.2 Å². The first kappa shape index (κ1) is 9.34. The van der Waals surface area contributed by atoms with Gasteiger partial charge in [0, 0.05) is 24.6 Å². The molecule has 1 aliphatic rings. The van der Waals surface area contributed by atoms with Gasteiger partial charge in [-0.1, -0.05) is 0 Å². The Morgan fingerprint density at radius 3 is 3.07 bits per heavy atom. The number of pyridine rings is 1. The van der Waals surface area contributed by atoms with E-state index in [-0.39, 0.29) is 11.9 Å². The predicted octanol–water partition coefficient (Wildman–Crippen LogP) is 1.75. The first-order valence-corrected chi connectivity index (χ1v) is 4.85. The van der Waals surface area contributed by atoms with Crippen LogP contribution in [0.15, 0.2) is 18.5 Å². The summed E-state index contributed by atoms with van der Waals surface area (Å²) in [4.78, 5) is 15.8. The van der Waals surface area contributed by atoms with Crippen molar-refractivity contribution in [3.8, 4) is 0 Å². The molecule has 1 atom stereocenters. The highest BCUT2D eigenvalue weighted by Crippen LogP contribution is 2.17. The monoisotopic (exact) mass is 191 g/mol. The van der Waals surface area contributed by atoms with E-state index in [2.05, 4.69) is 4.98 Å². The van der Waals surface area contributed by atoms with Crippen LogP contribution >= 0.6 is 0 Å². The largest absolute Gasteiger partial charge is 0.370 e. The maximum Gasteiger partial charge on any atom is 0.193 e. The quantitative estimate of drug-likeness (QED) is 0.668. The van der Waals surface area contributed by atoms with Gasteiger partial charge in [-0.25, -0.2) is 0 Å². The van der Waals surface area contributed by atoms with Gasteiger partial charge in [0.25, 0.3) is 0 Å². The van der Waals surface area contributed by atoms with Crippen LogP contribution in [0.4, 0.5) is 0 Å². The molecule has 0 saturated carbocycles. The number of Topliss-reactive ketones (excluding diaryl/α,β-unsaturated/α-hetero) is 1. The highest BCUT2D eigenvalue weighted by molar-refractivity contribution is 5.99. The molecule has 1 saturated heterocycles. The Hall–Kier alpha value is -1.22. The standard InChI is InChI=1S/C11H13NO2/c1-8-5-9(7-12-6-8)11(13)10-3-2-4-14-10/h5-7,10H,2-4H2,1H3. The molecule has 0 aliphatic carbocycles. The van der Waals surface area contributed by atoms with Gasteiger partial charge in [-0.05, 0) is 31.4 Å². The summed E-state index contributed by atoms with van der Waals surface area (Å²) in [7, 11) is 0. The van der Waals surface area contributed by atoms with Crippen molar-refractivity contribution in [1.82, 2.24) is 4.98 Å². The number of aromatic nitrogens is 1. The summed E-state index contributed by atoms with van der Waals surface area (Å²) >= 11 is 0. The van der Waals surface area contributed by atoms with Crippen molar-refractivity contribution in [3.63, 3.8) is 0 Å². The number of rotatable bonds is 2. The molecule has 0 amide bonds. The van der Waals surface area contributed by atoms with Gasteiger partial charge >= 0.3 is 0 Å². The van der Waals surface area contributed by atoms with E-state index in [0.717, 1.165) is 18.4 Å². The van der Waals surface area contributed by atoms with E-state index in [9.17, 15) is 4.79 Å². The van der Waals surface area contributed by atoms with Gasteiger partial charge in [-0.3, -0.25) is 9.78 Å². The minimum absolute atomic E-state index is 0.0682. The molecule has 1 aliphatic heterocycles. The molecule has 14 heavy (non-hydrogen) atoms. The average molecular weight is 191 g/mol. The molecule has 0 radical (unpaired) electrons. The van der Waals surface area contributed by atoms with Crippen molar-refractivity contribution in [3.05, 3.63) is 29.6 Å². The second-order valence-corrected chi connectivity index (χ2v) is 3.62. The third-order valence-corrected chi connectivity index (χ3v) is 2.38. The van der Waals surface area contributed by atoms with Crippen LogP contribution in [0.5, 0.6) is 0 Å². The van der Waals surface area contributed by atoms with E-state index < -0.39 is 0 Å². The SMILES string of the molecule is Cc1cncc(C(=O)C2CCCO2)c1. The van der Waals surface area contributed by atoms with Gasteiger partial charge in [0.1, 0.15) is 6.10 Å². The van der Waals surface area contributed by atoms with Gasteiger partial charge in [0.2, 0.25) is 0 Å². The number of carbonyl (C=O) groups excluding carboxylic acids is 1. The number of carbonyl (C=O) groups is 1. The van der Waals surface area contributed by atoms with Crippen LogP contribution in [0, 0.1) is 6.92 Å². The maximum absolute atomic E-state index is 11.8. The summed E-state index contributed by atoms with van der Waals surface area (Å²) < 4.78 is 5.33. The molecule has 1 fully saturated rings. The molecule has 1 unspecified atom stereocenters. The highest BCUT2D eigenvalue weighted by atomic mass is 16.5. The number of ether oxygens (including phenoxy) is 1. The lowest BCUT2D eigenvalue weighted by Gasteiger charge is -2.07. The Morgan fingerprint density at radius 2 is 2.43 bits per heavy atom. The van der Waals surface area contributed by atoms with Crippen LogP contribution in [0.2, 0.25) is 0 Å². The Balaban J connectivity index is 2.17.